The molecule has 0 aliphatic rings. The van der Waals surface area contributed by atoms with Crippen LogP contribution in [0.5, 0.6) is 5.75 Å². The molecule has 3 heteroatoms. The number of rotatable bonds is 3. The lowest BCUT2D eigenvalue weighted by Crippen LogP contribution is -1.98. The Morgan fingerprint density at radius 3 is 2.58 bits per heavy atom. The second kappa shape index (κ2) is 5.10. The van der Waals surface area contributed by atoms with Crippen LogP contribution >= 0.6 is 15.9 Å². The summed E-state index contributed by atoms with van der Waals surface area (Å²) in [6.45, 7) is 0.857. The molecule has 2 aromatic carbocycles. The van der Waals surface area contributed by atoms with Gasteiger partial charge in [-0.2, -0.15) is 0 Å². The van der Waals surface area contributed by atoms with Crippen molar-refractivity contribution in [2.45, 2.75) is 6.54 Å². The first-order chi connectivity index (χ1) is 9.28. The lowest BCUT2D eigenvalue weighted by Gasteiger charge is -2.08. The number of aromatic nitrogens is 1. The maximum atomic E-state index is 5.18. The molecule has 0 N–H and O–H groups in total. The molecule has 0 saturated heterocycles. The van der Waals surface area contributed by atoms with Crippen molar-refractivity contribution in [3.63, 3.8) is 0 Å². The number of halogens is 1. The maximum Gasteiger partial charge on any atom is 0.118 e. The Kier molecular flexibility index (Phi) is 3.30. The van der Waals surface area contributed by atoms with Gasteiger partial charge in [0.15, 0.2) is 0 Å². The summed E-state index contributed by atoms with van der Waals surface area (Å²) in [5, 5.41) is 1.25. The second-order valence-electron chi connectivity index (χ2n) is 4.47. The van der Waals surface area contributed by atoms with Crippen LogP contribution in [0.25, 0.3) is 10.9 Å². The van der Waals surface area contributed by atoms with E-state index in [1.54, 1.807) is 7.11 Å². The number of hydrogen-bond donors (Lipinski definition) is 0. The minimum Gasteiger partial charge on any atom is -0.497 e. The van der Waals surface area contributed by atoms with E-state index >= 15 is 0 Å². The van der Waals surface area contributed by atoms with E-state index < -0.39 is 0 Å². The molecule has 19 heavy (non-hydrogen) atoms. The highest BCUT2D eigenvalue weighted by Crippen LogP contribution is 2.25. The molecule has 0 saturated carbocycles. The summed E-state index contributed by atoms with van der Waals surface area (Å²) in [4.78, 5) is 0. The molecule has 3 rings (SSSR count). The van der Waals surface area contributed by atoms with Gasteiger partial charge in [-0.3, -0.25) is 0 Å². The van der Waals surface area contributed by atoms with Gasteiger partial charge in [-0.25, -0.2) is 0 Å². The smallest absolute Gasteiger partial charge is 0.118 e. The monoisotopic (exact) mass is 315 g/mol. The zero-order chi connectivity index (χ0) is 13.2. The molecule has 0 bridgehead atoms. The van der Waals surface area contributed by atoms with Crippen molar-refractivity contribution in [3.05, 3.63) is 64.8 Å². The Labute approximate surface area is 120 Å². The predicted molar refractivity (Wildman–Crippen MR) is 81.7 cm³/mol. The van der Waals surface area contributed by atoms with Gasteiger partial charge in [0.1, 0.15) is 5.75 Å². The van der Waals surface area contributed by atoms with Crippen LogP contribution in [-0.2, 0) is 6.54 Å². The minimum atomic E-state index is 0.857. The summed E-state index contributed by atoms with van der Waals surface area (Å²) in [6.07, 6.45) is 2.12. The van der Waals surface area contributed by atoms with Crippen molar-refractivity contribution in [1.29, 1.82) is 0 Å². The van der Waals surface area contributed by atoms with Crippen LogP contribution in [0.15, 0.2) is 59.2 Å². The fraction of sp³-hybridized carbons (Fsp3) is 0.125. The molecule has 0 aliphatic heterocycles. The molecular weight excluding hydrogens is 302 g/mol. The third-order valence-electron chi connectivity index (χ3n) is 3.25. The van der Waals surface area contributed by atoms with Crippen molar-refractivity contribution in [2.24, 2.45) is 0 Å². The van der Waals surface area contributed by atoms with E-state index in [2.05, 4.69) is 63.1 Å². The molecule has 0 aliphatic carbocycles. The fourth-order valence-electron chi connectivity index (χ4n) is 2.27. The van der Waals surface area contributed by atoms with Crippen molar-refractivity contribution in [1.82, 2.24) is 4.57 Å². The largest absolute Gasteiger partial charge is 0.497 e. The van der Waals surface area contributed by atoms with Crippen LogP contribution < -0.4 is 4.74 Å². The van der Waals surface area contributed by atoms with Crippen LogP contribution in [0.4, 0.5) is 0 Å². The Morgan fingerprint density at radius 2 is 1.84 bits per heavy atom. The third-order valence-corrected chi connectivity index (χ3v) is 3.89. The van der Waals surface area contributed by atoms with Gasteiger partial charge in [0, 0.05) is 22.6 Å². The van der Waals surface area contributed by atoms with Crippen LogP contribution in [0, 0.1) is 0 Å². The molecule has 0 atom stereocenters. The Balaban J connectivity index is 1.96. The van der Waals surface area contributed by atoms with E-state index in [0.29, 0.717) is 0 Å². The van der Waals surface area contributed by atoms with Crippen LogP contribution in [0.1, 0.15) is 5.56 Å². The summed E-state index contributed by atoms with van der Waals surface area (Å²) in [5.41, 5.74) is 2.49. The van der Waals surface area contributed by atoms with E-state index in [1.165, 1.54) is 16.5 Å². The van der Waals surface area contributed by atoms with Gasteiger partial charge in [0.25, 0.3) is 0 Å². The molecule has 0 unspecified atom stereocenters. The SMILES string of the molecule is COc1ccc(Cn2ccc3cccc(Br)c32)cc1. The number of ether oxygens (including phenoxy) is 1. The first-order valence-corrected chi connectivity index (χ1v) is 6.93. The van der Waals surface area contributed by atoms with E-state index in [4.69, 9.17) is 4.74 Å². The van der Waals surface area contributed by atoms with Crippen LogP contribution in [0.3, 0.4) is 0 Å². The van der Waals surface area contributed by atoms with E-state index in [0.717, 1.165) is 16.8 Å². The molecule has 0 amide bonds. The molecule has 1 aromatic heterocycles. The molecular formula is C16H14BrNO. The summed E-state index contributed by atoms with van der Waals surface area (Å²) in [6, 6.07) is 16.6. The van der Waals surface area contributed by atoms with Crippen LogP contribution in [-0.4, -0.2) is 11.7 Å². The molecule has 0 radical (unpaired) electrons. The second-order valence-corrected chi connectivity index (χ2v) is 5.32. The summed E-state index contributed by atoms with van der Waals surface area (Å²) >= 11 is 3.62. The predicted octanol–water partition coefficient (Wildman–Crippen LogP) is 4.46. The highest BCUT2D eigenvalue weighted by Gasteiger charge is 2.05. The van der Waals surface area contributed by atoms with Gasteiger partial charge in [0.2, 0.25) is 0 Å². The lowest BCUT2D eigenvalue weighted by molar-refractivity contribution is 0.414. The molecule has 0 spiro atoms. The normalized spacial score (nSPS) is 10.8. The Hall–Kier alpha value is -1.74. The zero-order valence-electron chi connectivity index (χ0n) is 10.6. The van der Waals surface area contributed by atoms with Crippen LogP contribution in [0.2, 0.25) is 0 Å². The number of methoxy groups -OCH3 is 1. The van der Waals surface area contributed by atoms with Crippen molar-refractivity contribution in [3.8, 4) is 5.75 Å². The fourth-order valence-corrected chi connectivity index (χ4v) is 2.88. The molecule has 2 nitrogen and oxygen atoms in total. The summed E-state index contributed by atoms with van der Waals surface area (Å²) < 4.78 is 8.56. The minimum absolute atomic E-state index is 0.857. The first-order valence-electron chi connectivity index (χ1n) is 6.14. The zero-order valence-corrected chi connectivity index (χ0v) is 12.2. The van der Waals surface area contributed by atoms with Gasteiger partial charge in [0.05, 0.1) is 12.6 Å². The Bertz CT molecular complexity index is 700. The number of fused-ring (bicyclic) bond motifs is 1. The molecule has 1 heterocycles. The quantitative estimate of drug-likeness (QED) is 0.696. The highest BCUT2D eigenvalue weighted by molar-refractivity contribution is 9.10. The van der Waals surface area contributed by atoms with Crippen molar-refractivity contribution < 1.29 is 4.74 Å². The maximum absolute atomic E-state index is 5.18. The first kappa shape index (κ1) is 12.3. The number of hydrogen-bond acceptors (Lipinski definition) is 1. The topological polar surface area (TPSA) is 14.2 Å². The van der Waals surface area contributed by atoms with Gasteiger partial charge < -0.3 is 9.30 Å². The number of para-hydroxylation sites is 1. The Morgan fingerprint density at radius 1 is 1.05 bits per heavy atom. The van der Waals surface area contributed by atoms with Gasteiger partial charge in [-0.15, -0.1) is 0 Å². The third kappa shape index (κ3) is 2.38. The molecule has 0 fully saturated rings. The summed E-state index contributed by atoms with van der Waals surface area (Å²) in [7, 11) is 1.69. The van der Waals surface area contributed by atoms with E-state index in [9.17, 15) is 0 Å². The molecule has 96 valence electrons. The van der Waals surface area contributed by atoms with Gasteiger partial charge >= 0.3 is 0 Å². The lowest BCUT2D eigenvalue weighted by atomic mass is 10.2. The number of nitrogens with zero attached hydrogens (tertiary/aromatic N) is 1. The summed E-state index contributed by atoms with van der Waals surface area (Å²) in [5.74, 6) is 0.891. The van der Waals surface area contributed by atoms with E-state index in [1.807, 2.05) is 12.1 Å². The number of benzene rings is 2. The highest BCUT2D eigenvalue weighted by atomic mass is 79.9. The average molecular weight is 316 g/mol. The average Bonchev–Trinajstić information content (AvgIpc) is 2.84. The van der Waals surface area contributed by atoms with Crippen molar-refractivity contribution >= 4 is 26.8 Å². The van der Waals surface area contributed by atoms with Gasteiger partial charge in [-0.05, 0) is 45.8 Å². The van der Waals surface area contributed by atoms with Gasteiger partial charge in [-0.1, -0.05) is 24.3 Å². The van der Waals surface area contributed by atoms with Crippen molar-refractivity contribution in [2.75, 3.05) is 7.11 Å². The standard InChI is InChI=1S/C16H14BrNO/c1-19-14-7-5-12(6-8-14)11-18-10-9-13-3-2-4-15(17)16(13)18/h2-10H,11H2,1H3. The van der Waals surface area contributed by atoms with E-state index in [-0.39, 0.29) is 0 Å². The molecule has 3 aromatic rings.